The number of ether oxygens (including phenoxy) is 1. The smallest absolute Gasteiger partial charge is 0.325 e. The topological polar surface area (TPSA) is 72.5 Å². The van der Waals surface area contributed by atoms with Crippen LogP contribution in [0.15, 0.2) is 0 Å². The normalized spacial score (nSPS) is 21.5. The van der Waals surface area contributed by atoms with E-state index in [0.717, 1.165) is 7.11 Å². The Balaban J connectivity index is 0.00000144. The fourth-order valence-corrected chi connectivity index (χ4v) is 1.06. The van der Waals surface area contributed by atoms with E-state index >= 15 is 0 Å². The molecule has 1 amide bonds. The molecule has 5 nitrogen and oxygen atoms in total. The third kappa shape index (κ3) is 2.79. The third-order valence-corrected chi connectivity index (χ3v) is 1.69. The molecule has 1 unspecified atom stereocenters. The largest absolute Gasteiger partial charge is 0.468 e. The molecule has 13 heavy (non-hydrogen) atoms. The second-order valence-corrected chi connectivity index (χ2v) is 2.46. The Hall–Kier alpha value is -0.390. The number of hydrogen-bond acceptors (Lipinski definition) is 4. The maximum absolute atomic E-state index is 11.0. The number of esters is 1. The van der Waals surface area contributed by atoms with Gasteiger partial charge in [0, 0.05) is 42.5 Å². The number of carbonyl (C=O) groups is 3. The molecule has 0 aliphatic carbocycles. The molecule has 1 radical (unpaired) electrons. The van der Waals surface area contributed by atoms with Crippen LogP contribution in [0.25, 0.3) is 0 Å². The first-order chi connectivity index (χ1) is 5.66. The Labute approximate surface area is 97.5 Å². The zero-order valence-corrected chi connectivity index (χ0v) is 9.62. The van der Waals surface area contributed by atoms with E-state index in [2.05, 4.69) is 10.1 Å². The maximum atomic E-state index is 11.0. The van der Waals surface area contributed by atoms with E-state index in [4.69, 9.17) is 0 Å². The van der Waals surface area contributed by atoms with Gasteiger partial charge in [-0.05, 0) is 0 Å². The summed E-state index contributed by atoms with van der Waals surface area (Å²) in [7, 11) is 1.15. The number of amides is 1. The predicted molar refractivity (Wildman–Crippen MR) is 43.9 cm³/mol. The number of carbonyl (C=O) groups excluding carboxylic acids is 3. The van der Waals surface area contributed by atoms with E-state index < -0.39 is 17.8 Å². The second kappa shape index (κ2) is 5.36. The fourth-order valence-electron chi connectivity index (χ4n) is 1.06. The molecule has 0 aromatic heterocycles. The summed E-state index contributed by atoms with van der Waals surface area (Å²) in [6.45, 7) is 0.311. The third-order valence-electron chi connectivity index (χ3n) is 1.69. The first kappa shape index (κ1) is 12.6. The van der Waals surface area contributed by atoms with E-state index in [1.807, 2.05) is 0 Å². The summed E-state index contributed by atoms with van der Waals surface area (Å²) in [4.78, 5) is 32.9. The van der Waals surface area contributed by atoms with Gasteiger partial charge in [0.2, 0.25) is 5.91 Å². The molecule has 0 spiro atoms. The number of piperidine rings is 1. The minimum atomic E-state index is -1.25. The van der Waals surface area contributed by atoms with Gasteiger partial charge in [0.1, 0.15) is 0 Å². The molecule has 6 heteroatoms. The molecule has 1 fully saturated rings. The molecule has 0 saturated carbocycles. The minimum Gasteiger partial charge on any atom is -0.468 e. The molecule has 67 valence electrons. The van der Waals surface area contributed by atoms with Crippen molar-refractivity contribution in [2.75, 3.05) is 13.7 Å². The van der Waals surface area contributed by atoms with E-state index in [-0.39, 0.29) is 41.8 Å². The molecule has 1 N–H and O–H groups in total. The minimum absolute atomic E-state index is 0. The van der Waals surface area contributed by atoms with E-state index in [1.165, 1.54) is 0 Å². The van der Waals surface area contributed by atoms with Gasteiger partial charge in [-0.15, -0.1) is 0 Å². The molecule has 0 aromatic rings. The summed E-state index contributed by atoms with van der Waals surface area (Å²) >= 11 is 0. The molecular weight excluding hydrogens is 185 g/mol. The Bertz CT molecular complexity index is 214. The van der Waals surface area contributed by atoms with E-state index in [0.29, 0.717) is 6.54 Å². The van der Waals surface area contributed by atoms with Crippen LogP contribution in [0.2, 0.25) is 0 Å². The number of nitrogens with one attached hydrogen (secondary N) is 1. The zero-order valence-electron chi connectivity index (χ0n) is 7.62. The SMILES string of the molecule is COC(=O)C1C(=O)CCNC1=O.[Na]. The number of rotatable bonds is 1. The summed E-state index contributed by atoms with van der Waals surface area (Å²) < 4.78 is 4.31. The Morgan fingerprint density at radius 2 is 2.15 bits per heavy atom. The Kier molecular flexibility index (Phi) is 5.20. The van der Waals surface area contributed by atoms with Crippen molar-refractivity contribution < 1.29 is 19.1 Å². The first-order valence-corrected chi connectivity index (χ1v) is 3.55. The molecule has 1 saturated heterocycles. The van der Waals surface area contributed by atoms with Gasteiger partial charge in [0.15, 0.2) is 11.7 Å². The molecular formula is C7H9NNaO4. The van der Waals surface area contributed by atoms with Crippen LogP contribution in [0.5, 0.6) is 0 Å². The number of hydrogen-bond donors (Lipinski definition) is 1. The van der Waals surface area contributed by atoms with Crippen LogP contribution in [0.4, 0.5) is 0 Å². The standard InChI is InChI=1S/C7H9NO4.Na/c1-12-7(11)5-4(9)2-3-8-6(5)10;/h5H,2-3H2,1H3,(H,8,10);. The van der Waals surface area contributed by atoms with Crippen molar-refractivity contribution in [3.63, 3.8) is 0 Å². The van der Waals surface area contributed by atoms with Crippen molar-refractivity contribution in [1.29, 1.82) is 0 Å². The van der Waals surface area contributed by atoms with Crippen molar-refractivity contribution in [1.82, 2.24) is 5.32 Å². The Morgan fingerprint density at radius 3 is 2.62 bits per heavy atom. The molecule has 0 aromatic carbocycles. The van der Waals surface area contributed by atoms with Crippen LogP contribution in [0.3, 0.4) is 0 Å². The zero-order chi connectivity index (χ0) is 9.14. The van der Waals surface area contributed by atoms with Crippen molar-refractivity contribution in [3.05, 3.63) is 0 Å². The van der Waals surface area contributed by atoms with Crippen molar-refractivity contribution in [2.24, 2.45) is 5.92 Å². The summed E-state index contributed by atoms with van der Waals surface area (Å²) in [6.07, 6.45) is 0.200. The summed E-state index contributed by atoms with van der Waals surface area (Å²) in [5.74, 6) is -2.95. The molecule has 1 rings (SSSR count). The van der Waals surface area contributed by atoms with Gasteiger partial charge >= 0.3 is 5.97 Å². The average Bonchev–Trinajstić information content (AvgIpc) is 2.03. The van der Waals surface area contributed by atoms with Gasteiger partial charge in [0.05, 0.1) is 7.11 Å². The fraction of sp³-hybridized carbons (Fsp3) is 0.571. The van der Waals surface area contributed by atoms with Crippen LogP contribution in [0.1, 0.15) is 6.42 Å². The van der Waals surface area contributed by atoms with Gasteiger partial charge < -0.3 is 10.1 Å². The van der Waals surface area contributed by atoms with Gasteiger partial charge in [0.25, 0.3) is 0 Å². The van der Waals surface area contributed by atoms with E-state index in [1.54, 1.807) is 0 Å². The monoisotopic (exact) mass is 194 g/mol. The number of Topliss-reactive ketones (excluding diaryl/α,β-unsaturated/α-hetero) is 1. The summed E-state index contributed by atoms with van der Waals surface area (Å²) in [5.41, 5.74) is 0. The molecule has 1 atom stereocenters. The van der Waals surface area contributed by atoms with Gasteiger partial charge in [-0.3, -0.25) is 14.4 Å². The van der Waals surface area contributed by atoms with Gasteiger partial charge in [-0.2, -0.15) is 0 Å². The van der Waals surface area contributed by atoms with Crippen LogP contribution in [-0.4, -0.2) is 60.9 Å². The molecule has 0 bridgehead atoms. The maximum Gasteiger partial charge on any atom is 0.325 e. The molecule has 1 heterocycles. The molecule has 1 aliphatic heterocycles. The number of methoxy groups -OCH3 is 1. The van der Waals surface area contributed by atoms with Crippen molar-refractivity contribution in [3.8, 4) is 0 Å². The Morgan fingerprint density at radius 1 is 1.54 bits per heavy atom. The quantitative estimate of drug-likeness (QED) is 0.313. The van der Waals surface area contributed by atoms with Crippen molar-refractivity contribution in [2.45, 2.75) is 6.42 Å². The van der Waals surface area contributed by atoms with E-state index in [9.17, 15) is 14.4 Å². The average molecular weight is 194 g/mol. The summed E-state index contributed by atoms with van der Waals surface area (Å²) in [6, 6.07) is 0. The first-order valence-electron chi connectivity index (χ1n) is 3.55. The second-order valence-electron chi connectivity index (χ2n) is 2.46. The van der Waals surface area contributed by atoms with Crippen LogP contribution in [-0.2, 0) is 19.1 Å². The van der Waals surface area contributed by atoms with Crippen molar-refractivity contribution >= 4 is 47.2 Å². The van der Waals surface area contributed by atoms with Gasteiger partial charge in [-0.1, -0.05) is 0 Å². The number of ketones is 1. The van der Waals surface area contributed by atoms with Gasteiger partial charge in [-0.25, -0.2) is 0 Å². The van der Waals surface area contributed by atoms with Crippen LogP contribution >= 0.6 is 0 Å². The summed E-state index contributed by atoms with van der Waals surface area (Å²) in [5, 5.41) is 2.42. The molecule has 1 aliphatic rings. The van der Waals surface area contributed by atoms with Crippen LogP contribution in [0, 0.1) is 5.92 Å². The van der Waals surface area contributed by atoms with Crippen LogP contribution < -0.4 is 5.32 Å². The predicted octanol–water partition coefficient (Wildman–Crippen LogP) is -1.52.